The van der Waals surface area contributed by atoms with E-state index < -0.39 is 43.1 Å². The van der Waals surface area contributed by atoms with Gasteiger partial charge in [-0.3, -0.25) is 19.8 Å². The van der Waals surface area contributed by atoms with E-state index >= 15 is 0 Å². The number of carbonyl (C=O) groups excluding carboxylic acids is 1. The summed E-state index contributed by atoms with van der Waals surface area (Å²) in [6.07, 6.45) is 10.5. The Morgan fingerprint density at radius 2 is 1.75 bits per heavy atom. The summed E-state index contributed by atoms with van der Waals surface area (Å²) in [4.78, 5) is 41.4. The summed E-state index contributed by atoms with van der Waals surface area (Å²) in [6, 6.07) is 23.1. The van der Waals surface area contributed by atoms with Crippen LogP contribution >= 0.6 is 0 Å². The van der Waals surface area contributed by atoms with E-state index in [1.165, 1.54) is 23.3 Å². The van der Waals surface area contributed by atoms with Crippen LogP contribution < -0.4 is 24.6 Å². The van der Waals surface area contributed by atoms with Gasteiger partial charge in [0, 0.05) is 61.7 Å². The summed E-state index contributed by atoms with van der Waals surface area (Å²) in [6.45, 7) is 10.1. The predicted octanol–water partition coefficient (Wildman–Crippen LogP) is 8.72. The molecule has 4 saturated heterocycles. The highest BCUT2D eigenvalue weighted by atomic mass is 32.2. The van der Waals surface area contributed by atoms with Crippen LogP contribution in [0.4, 0.5) is 28.4 Å². The second-order valence-corrected chi connectivity index (χ2v) is 24.2. The molecule has 3 aromatic carbocycles. The number of aliphatic hydroxyl groups is 1. The van der Waals surface area contributed by atoms with Crippen molar-refractivity contribution in [3.63, 3.8) is 0 Å². The monoisotopic (exact) mass is 1010 g/mol. The summed E-state index contributed by atoms with van der Waals surface area (Å²) in [7, 11) is -4.62. The number of aromatic nitrogens is 2. The Morgan fingerprint density at radius 1 is 0.959 bits per heavy atom. The number of H-pyrrole nitrogens is 1. The molecule has 4 N–H and O–H groups in total. The van der Waals surface area contributed by atoms with E-state index in [-0.39, 0.29) is 40.8 Å². The molecule has 2 bridgehead atoms. The minimum Gasteiger partial charge on any atom is -0.468 e. The van der Waals surface area contributed by atoms with Crippen LogP contribution in [0.25, 0.3) is 11.0 Å². The molecule has 12 rings (SSSR count). The first-order chi connectivity index (χ1) is 35.1. The predicted molar refractivity (Wildman–Crippen MR) is 277 cm³/mol. The summed E-state index contributed by atoms with van der Waals surface area (Å²) in [5.74, 6) is 0.128. The van der Waals surface area contributed by atoms with Gasteiger partial charge in [-0.05, 0) is 142 Å². The second kappa shape index (κ2) is 18.5. The van der Waals surface area contributed by atoms with Crippen LogP contribution in [-0.2, 0) is 19.5 Å². The molecule has 17 nitrogen and oxygen atoms in total. The number of rotatable bonds is 12. The topological polar surface area (TPSA) is 205 Å². The number of nitro benzene ring substituents is 1. The largest absolute Gasteiger partial charge is 0.468 e. The zero-order chi connectivity index (χ0) is 50.4. The number of hydrogen-bond acceptors (Lipinski definition) is 14. The number of amides is 1. The average Bonchev–Trinajstić information content (AvgIpc) is 4.14. The third-order valence-electron chi connectivity index (χ3n) is 17.5. The summed E-state index contributed by atoms with van der Waals surface area (Å²) >= 11 is 0. The lowest BCUT2D eigenvalue weighted by Gasteiger charge is -2.57. The van der Waals surface area contributed by atoms with Gasteiger partial charge in [0.2, 0.25) is 5.88 Å². The maximum absolute atomic E-state index is 14.7. The van der Waals surface area contributed by atoms with E-state index in [2.05, 4.69) is 67.8 Å². The Kier molecular flexibility index (Phi) is 12.2. The SMILES string of the molecule is CC(C)c1ccccc1[C@@H]1[C@H]2C[C@H](CO2)N1C1CC2(CCN(c3ccc(C(=O)NS(=O)(=O)c4ccc(NCC5CCC(C)(O)CC5)c([N+](=O)[O-])c4)c(N4c5cc6cc[nH]c6nc5O[C@H]5COCC[C@@H]54)c3)CC2)C1. The number of nitro groups is 1. The lowest BCUT2D eigenvalue weighted by atomic mass is 9.59. The first-order valence-corrected chi connectivity index (χ1v) is 27.8. The van der Waals surface area contributed by atoms with Gasteiger partial charge in [-0.15, -0.1) is 0 Å². The number of benzene rings is 3. The van der Waals surface area contributed by atoms with Crippen LogP contribution in [0.15, 0.2) is 83.9 Å². The summed E-state index contributed by atoms with van der Waals surface area (Å²) in [5, 5.41) is 26.8. The number of ether oxygens (including phenoxy) is 3. The van der Waals surface area contributed by atoms with Gasteiger partial charge in [-0.2, -0.15) is 4.98 Å². The second-order valence-electron chi connectivity index (χ2n) is 22.6. The third kappa shape index (κ3) is 8.89. The third-order valence-corrected chi connectivity index (χ3v) is 18.9. The molecule has 1 amide bonds. The van der Waals surface area contributed by atoms with Gasteiger partial charge in [0.1, 0.15) is 23.1 Å². The summed E-state index contributed by atoms with van der Waals surface area (Å²) < 4.78 is 49.5. The van der Waals surface area contributed by atoms with Crippen molar-refractivity contribution in [2.75, 3.05) is 54.6 Å². The average molecular weight is 1020 g/mol. The molecule has 2 aliphatic carbocycles. The minimum atomic E-state index is -4.62. The van der Waals surface area contributed by atoms with Crippen molar-refractivity contribution in [1.82, 2.24) is 19.6 Å². The Morgan fingerprint density at radius 3 is 2.53 bits per heavy atom. The smallest absolute Gasteiger partial charge is 0.293 e. The molecule has 2 saturated carbocycles. The van der Waals surface area contributed by atoms with Gasteiger partial charge in [0.15, 0.2) is 0 Å². The highest BCUT2D eigenvalue weighted by Crippen LogP contribution is 2.57. The number of aromatic amines is 1. The standard InChI is InChI=1S/C55H66N8O9S/c1-33(2)40-6-4-5-7-41(40)50-48-26-37(31-71-48)61(50)38-28-55(29-38)18-21-60(22-19-55)36-8-10-42(45(25-36)62-44-15-23-70-32-49(44)72-53-47(62)24-35-14-20-56-51(35)58-53)52(64)59-73(68,69)39-9-11-43(46(27-39)63(66)67)57-30-34-12-16-54(3,65)17-13-34/h4-11,14,20,24-25,27,33-34,37-38,44,48-50,57,65H,12-13,15-19,21-23,26,28-32H2,1-3H3,(H,56,58)(H,59,64)/t34?,37-,44+,48-,49+,50-,54?/m1/s1. The molecule has 6 fully saturated rings. The van der Waals surface area contributed by atoms with E-state index in [4.69, 9.17) is 19.2 Å². The lowest BCUT2D eigenvalue weighted by molar-refractivity contribution is -0.384. The Hall–Kier alpha value is -5.79. The number of sulfonamides is 1. The molecule has 0 unspecified atom stereocenters. The number of pyridine rings is 1. The van der Waals surface area contributed by atoms with Crippen molar-refractivity contribution in [2.45, 2.75) is 138 Å². The maximum atomic E-state index is 14.7. The zero-order valence-electron chi connectivity index (χ0n) is 41.8. The molecule has 5 aliphatic heterocycles. The number of morpholine rings is 1. The molecule has 73 heavy (non-hydrogen) atoms. The Balaban J connectivity index is 0.818. The number of piperidine rings is 1. The molecule has 5 atom stereocenters. The maximum Gasteiger partial charge on any atom is 0.293 e. The normalized spacial score (nSPS) is 27.9. The molecule has 2 aromatic heterocycles. The van der Waals surface area contributed by atoms with E-state index in [0.29, 0.717) is 79.9 Å². The van der Waals surface area contributed by atoms with E-state index in [1.54, 1.807) is 6.07 Å². The van der Waals surface area contributed by atoms with Gasteiger partial charge in [-0.25, -0.2) is 13.1 Å². The first-order valence-electron chi connectivity index (χ1n) is 26.3. The van der Waals surface area contributed by atoms with Crippen LogP contribution in [0.1, 0.15) is 118 Å². The molecule has 7 aliphatic rings. The van der Waals surface area contributed by atoms with Crippen LogP contribution in [0.2, 0.25) is 0 Å². The number of likely N-dealkylation sites (tertiary alicyclic amines) is 1. The molecule has 7 heterocycles. The molecule has 386 valence electrons. The van der Waals surface area contributed by atoms with Gasteiger partial charge in [0.05, 0.1) is 58.1 Å². The molecule has 5 aromatic rings. The van der Waals surface area contributed by atoms with Crippen molar-refractivity contribution in [3.05, 3.63) is 106 Å². The van der Waals surface area contributed by atoms with Crippen LogP contribution in [-0.4, -0.2) is 115 Å². The number of hydrogen-bond donors (Lipinski definition) is 4. The van der Waals surface area contributed by atoms with Crippen LogP contribution in [0.5, 0.6) is 5.88 Å². The summed E-state index contributed by atoms with van der Waals surface area (Å²) in [5.41, 5.74) is 4.96. The minimum absolute atomic E-state index is 0.117. The Labute approximate surface area is 426 Å². The number of fused-ring (bicyclic) bond motifs is 5. The number of nitrogens with zero attached hydrogens (tertiary/aromatic N) is 5. The number of nitrogens with one attached hydrogen (secondary N) is 3. The fourth-order valence-electron chi connectivity index (χ4n) is 13.5. The highest BCUT2D eigenvalue weighted by molar-refractivity contribution is 7.90. The van der Waals surface area contributed by atoms with Gasteiger partial charge in [-0.1, -0.05) is 38.1 Å². The molecule has 18 heteroatoms. The number of carbonyl (C=O) groups is 1. The lowest BCUT2D eigenvalue weighted by Crippen LogP contribution is -2.58. The van der Waals surface area contributed by atoms with Gasteiger partial charge in [0.25, 0.3) is 21.6 Å². The van der Waals surface area contributed by atoms with Crippen molar-refractivity contribution < 1.29 is 37.5 Å². The Bertz CT molecular complexity index is 3050. The number of anilines is 4. The van der Waals surface area contributed by atoms with Gasteiger partial charge >= 0.3 is 0 Å². The van der Waals surface area contributed by atoms with E-state index in [1.807, 2.05) is 37.4 Å². The molecular weight excluding hydrogens is 949 g/mol. The molecule has 0 radical (unpaired) electrons. The molecule has 1 spiro atoms. The van der Waals surface area contributed by atoms with Crippen LogP contribution in [0, 0.1) is 21.4 Å². The zero-order valence-corrected chi connectivity index (χ0v) is 42.6. The van der Waals surface area contributed by atoms with Crippen molar-refractivity contribution >= 4 is 55.4 Å². The van der Waals surface area contributed by atoms with Crippen molar-refractivity contribution in [2.24, 2.45) is 11.3 Å². The van der Waals surface area contributed by atoms with Crippen LogP contribution in [0.3, 0.4) is 0 Å². The molecular formula is C55H66N8O9S. The van der Waals surface area contributed by atoms with Crippen molar-refractivity contribution in [3.8, 4) is 5.88 Å². The van der Waals surface area contributed by atoms with Gasteiger partial charge < -0.3 is 39.4 Å². The quantitative estimate of drug-likeness (QED) is 0.0682. The fourth-order valence-corrected chi connectivity index (χ4v) is 14.5. The van der Waals surface area contributed by atoms with E-state index in [0.717, 1.165) is 81.8 Å². The van der Waals surface area contributed by atoms with Crippen molar-refractivity contribution in [1.29, 1.82) is 0 Å². The fraction of sp³-hybridized carbons (Fsp3) is 0.527. The first kappa shape index (κ1) is 48.2. The highest BCUT2D eigenvalue weighted by Gasteiger charge is 2.57. The van der Waals surface area contributed by atoms with E-state index in [9.17, 15) is 28.4 Å².